The second-order valence-electron chi connectivity index (χ2n) is 5.50. The predicted octanol–water partition coefficient (Wildman–Crippen LogP) is 1.76. The van der Waals surface area contributed by atoms with Gasteiger partial charge in [-0.15, -0.1) is 0 Å². The van der Waals surface area contributed by atoms with E-state index in [1.54, 1.807) is 42.7 Å². The quantitative estimate of drug-likeness (QED) is 0.631. The van der Waals surface area contributed by atoms with Crippen molar-refractivity contribution in [3.05, 3.63) is 11.3 Å². The lowest BCUT2D eigenvalue weighted by Gasteiger charge is -2.44. The van der Waals surface area contributed by atoms with E-state index in [9.17, 15) is 0 Å². The van der Waals surface area contributed by atoms with Gasteiger partial charge in [0.1, 0.15) is 0 Å². The van der Waals surface area contributed by atoms with Gasteiger partial charge in [0.05, 0.1) is 5.04 Å². The van der Waals surface area contributed by atoms with Crippen molar-refractivity contribution in [2.24, 2.45) is 5.92 Å². The van der Waals surface area contributed by atoms with Gasteiger partial charge in [0.2, 0.25) is 0 Å². The van der Waals surface area contributed by atoms with Crippen LogP contribution in [0.15, 0.2) is 11.3 Å². The van der Waals surface area contributed by atoms with Crippen molar-refractivity contribution in [1.82, 2.24) is 0 Å². The Morgan fingerprint density at radius 1 is 0.905 bits per heavy atom. The number of hydrogen-bond donors (Lipinski definition) is 0. The molecule has 0 heterocycles. The Balaban J connectivity index is 2.54. The zero-order valence-electron chi connectivity index (χ0n) is 13.7. The minimum absolute atomic E-state index is 0.301. The van der Waals surface area contributed by atoms with Crippen molar-refractivity contribution in [3.8, 4) is 0 Å². The van der Waals surface area contributed by atoms with Crippen molar-refractivity contribution in [3.63, 3.8) is 0 Å². The average Bonchev–Trinajstić information content (AvgIpc) is 3.12. The molecular formula is C13H26O6Si2. The summed E-state index contributed by atoms with van der Waals surface area (Å²) >= 11 is 0. The predicted molar refractivity (Wildman–Crippen MR) is 81.7 cm³/mol. The molecule has 8 heteroatoms. The molecule has 0 N–H and O–H groups in total. The zero-order valence-corrected chi connectivity index (χ0v) is 15.7. The molecule has 0 radical (unpaired) electrons. The lowest BCUT2D eigenvalue weighted by Crippen LogP contribution is -2.59. The smallest absolute Gasteiger partial charge is 0.376 e. The Bertz CT molecular complexity index is 391. The standard InChI is InChI=1S/C13H26O6Si2/c1-14-20(15-2,16-3)12-9-11-7-8-13(12,10-11)21(17-4,18-5)19-6/h9,11H,7-8,10H2,1-6H3. The van der Waals surface area contributed by atoms with Gasteiger partial charge < -0.3 is 26.6 Å². The molecule has 2 aliphatic rings. The number of rotatable bonds is 8. The molecule has 6 nitrogen and oxygen atoms in total. The van der Waals surface area contributed by atoms with E-state index in [2.05, 4.69) is 6.08 Å². The van der Waals surface area contributed by atoms with Crippen molar-refractivity contribution in [2.75, 3.05) is 42.7 Å². The lowest BCUT2D eigenvalue weighted by atomic mass is 10.1. The van der Waals surface area contributed by atoms with Crippen molar-refractivity contribution in [1.29, 1.82) is 0 Å². The largest absolute Gasteiger partial charge is 0.532 e. The van der Waals surface area contributed by atoms with E-state index < -0.39 is 17.6 Å². The summed E-state index contributed by atoms with van der Waals surface area (Å²) in [5.74, 6) is 0.486. The van der Waals surface area contributed by atoms with Gasteiger partial charge in [-0.05, 0) is 25.2 Å². The molecular weight excluding hydrogens is 308 g/mol. The second-order valence-corrected chi connectivity index (χ2v) is 11.7. The van der Waals surface area contributed by atoms with Gasteiger partial charge in [-0.2, -0.15) is 0 Å². The van der Waals surface area contributed by atoms with Gasteiger partial charge >= 0.3 is 17.6 Å². The van der Waals surface area contributed by atoms with E-state index in [1.165, 1.54) is 0 Å². The molecule has 21 heavy (non-hydrogen) atoms. The monoisotopic (exact) mass is 334 g/mol. The third-order valence-electron chi connectivity index (χ3n) is 5.00. The van der Waals surface area contributed by atoms with Crippen molar-refractivity contribution >= 4 is 17.6 Å². The fourth-order valence-corrected chi connectivity index (χ4v) is 10.5. The first-order chi connectivity index (χ1) is 10.0. The average molecular weight is 335 g/mol. The van der Waals surface area contributed by atoms with Gasteiger partial charge in [0, 0.05) is 47.9 Å². The summed E-state index contributed by atoms with van der Waals surface area (Å²) < 4.78 is 34.6. The fraction of sp³-hybridized carbons (Fsp3) is 0.846. The summed E-state index contributed by atoms with van der Waals surface area (Å²) in [5, 5.41) is 0.764. The highest BCUT2D eigenvalue weighted by Crippen LogP contribution is 2.66. The van der Waals surface area contributed by atoms with Crippen LogP contribution in [0.25, 0.3) is 0 Å². The van der Waals surface area contributed by atoms with Gasteiger partial charge in [0.15, 0.2) is 0 Å². The molecule has 0 aliphatic heterocycles. The molecule has 0 amide bonds. The van der Waals surface area contributed by atoms with E-state index in [1.807, 2.05) is 0 Å². The molecule has 0 spiro atoms. The maximum atomic E-state index is 5.81. The van der Waals surface area contributed by atoms with Crippen LogP contribution in [0.1, 0.15) is 19.3 Å². The number of hydrogen-bond acceptors (Lipinski definition) is 6. The normalized spacial score (nSPS) is 29.0. The van der Waals surface area contributed by atoms with Crippen LogP contribution in [0.4, 0.5) is 0 Å². The third-order valence-corrected chi connectivity index (χ3v) is 11.7. The van der Waals surface area contributed by atoms with E-state index in [0.717, 1.165) is 24.5 Å². The first kappa shape index (κ1) is 17.3. The molecule has 0 aromatic carbocycles. The van der Waals surface area contributed by atoms with Crippen LogP contribution in [-0.4, -0.2) is 60.3 Å². The molecule has 2 rings (SSSR count). The summed E-state index contributed by atoms with van der Waals surface area (Å²) in [6, 6.07) is 0. The summed E-state index contributed by atoms with van der Waals surface area (Å²) in [7, 11) is 4.08. The minimum Gasteiger partial charge on any atom is -0.376 e. The Hall–Kier alpha value is -0.0662. The van der Waals surface area contributed by atoms with Gasteiger partial charge in [0.25, 0.3) is 0 Å². The van der Waals surface area contributed by atoms with Crippen LogP contribution >= 0.6 is 0 Å². The molecule has 2 atom stereocenters. The summed E-state index contributed by atoms with van der Waals surface area (Å²) in [6.45, 7) is 0. The van der Waals surface area contributed by atoms with Gasteiger partial charge in [-0.1, -0.05) is 6.08 Å². The Morgan fingerprint density at radius 2 is 1.43 bits per heavy atom. The number of fused-ring (bicyclic) bond motifs is 2. The molecule has 0 aromatic rings. The van der Waals surface area contributed by atoms with Crippen molar-refractivity contribution < 1.29 is 26.6 Å². The highest BCUT2D eigenvalue weighted by molar-refractivity contribution is 6.76. The van der Waals surface area contributed by atoms with Crippen LogP contribution in [0.2, 0.25) is 5.04 Å². The summed E-state index contributed by atoms with van der Waals surface area (Å²) in [4.78, 5) is 0. The molecule has 0 saturated heterocycles. The van der Waals surface area contributed by atoms with Crippen LogP contribution in [-0.2, 0) is 26.6 Å². The molecule has 1 fully saturated rings. The molecule has 2 unspecified atom stereocenters. The lowest BCUT2D eigenvalue weighted by molar-refractivity contribution is 0.0895. The maximum Gasteiger partial charge on any atom is 0.532 e. The second kappa shape index (κ2) is 6.21. The zero-order chi connectivity index (χ0) is 15.7. The van der Waals surface area contributed by atoms with E-state index in [-0.39, 0.29) is 5.04 Å². The number of allylic oxidation sites excluding steroid dienone is 2. The Labute approximate surface area is 129 Å². The SMILES string of the molecule is CO[Si](OC)(OC)C1=CC2CCC1([Si](OC)(OC)OC)C2. The molecule has 1 saturated carbocycles. The van der Waals surface area contributed by atoms with Crippen LogP contribution in [0.5, 0.6) is 0 Å². The van der Waals surface area contributed by atoms with Gasteiger partial charge in [-0.3, -0.25) is 0 Å². The van der Waals surface area contributed by atoms with Gasteiger partial charge in [-0.25, -0.2) is 0 Å². The van der Waals surface area contributed by atoms with Crippen LogP contribution < -0.4 is 0 Å². The summed E-state index contributed by atoms with van der Waals surface area (Å²) in [6.07, 6.45) is 5.26. The van der Waals surface area contributed by atoms with Crippen LogP contribution in [0.3, 0.4) is 0 Å². The fourth-order valence-electron chi connectivity index (χ4n) is 4.12. The van der Waals surface area contributed by atoms with E-state index in [4.69, 9.17) is 26.6 Å². The highest BCUT2D eigenvalue weighted by atomic mass is 28.4. The van der Waals surface area contributed by atoms with E-state index >= 15 is 0 Å². The molecule has 2 aliphatic carbocycles. The maximum absolute atomic E-state index is 5.81. The Kier molecular flexibility index (Phi) is 5.11. The summed E-state index contributed by atoms with van der Waals surface area (Å²) in [5.41, 5.74) is 0. The Morgan fingerprint density at radius 3 is 1.81 bits per heavy atom. The first-order valence-corrected chi connectivity index (χ1v) is 10.5. The minimum atomic E-state index is -2.91. The highest BCUT2D eigenvalue weighted by Gasteiger charge is 2.72. The third kappa shape index (κ3) is 2.20. The van der Waals surface area contributed by atoms with Crippen LogP contribution in [0, 0.1) is 5.92 Å². The first-order valence-electron chi connectivity index (χ1n) is 7.07. The van der Waals surface area contributed by atoms with E-state index in [0.29, 0.717) is 5.92 Å². The topological polar surface area (TPSA) is 55.4 Å². The molecule has 2 bridgehead atoms. The van der Waals surface area contributed by atoms with Crippen molar-refractivity contribution in [2.45, 2.75) is 24.3 Å². The molecule has 0 aromatic heterocycles. The molecule has 122 valence electrons.